The van der Waals surface area contributed by atoms with Gasteiger partial charge < -0.3 is 9.76 Å². The van der Waals surface area contributed by atoms with Gasteiger partial charge >= 0.3 is 14.0 Å². The van der Waals surface area contributed by atoms with Crippen molar-refractivity contribution in [2.45, 2.75) is 19.4 Å². The zero-order valence-corrected chi connectivity index (χ0v) is 4.84. The summed E-state index contributed by atoms with van der Waals surface area (Å²) < 4.78 is 3.73. The summed E-state index contributed by atoms with van der Waals surface area (Å²) in [6.07, 6.45) is 0. The Kier molecular flexibility index (Phi) is 2.04. The molecule has 0 amide bonds. The van der Waals surface area contributed by atoms with Crippen molar-refractivity contribution in [3.05, 3.63) is 0 Å². The first-order valence-electron chi connectivity index (χ1n) is 2.12. The maximum Gasteiger partial charge on any atom is 0.378 e. The van der Waals surface area contributed by atoms with Gasteiger partial charge in [0.25, 0.3) is 0 Å². The van der Waals surface area contributed by atoms with E-state index in [2.05, 4.69) is 12.7 Å². The average Bonchev–Trinajstić information content (AvgIpc) is 1.62. The van der Waals surface area contributed by atoms with E-state index >= 15 is 0 Å². The molecule has 0 aromatic heterocycles. The molecule has 0 fully saturated rings. The largest absolute Gasteiger partial charge is 0.541 e. The van der Waals surface area contributed by atoms with Crippen LogP contribution in [0, 0.1) is 0 Å². The van der Waals surface area contributed by atoms with Gasteiger partial charge in [0.1, 0.15) is 0 Å². The highest BCUT2D eigenvalue weighted by atomic mass is 16.5. The fourth-order valence-electron chi connectivity index (χ4n) is 0.144. The molecule has 44 valence electrons. The standard InChI is InChI=1S/C4H7BO3/c1-4(2,7)3(6)8-5/h7H,1-2H3. The zero-order chi connectivity index (χ0) is 6.78. The van der Waals surface area contributed by atoms with Crippen LogP contribution in [0.5, 0.6) is 0 Å². The Hall–Kier alpha value is -0.505. The number of aliphatic hydroxyl groups is 1. The summed E-state index contributed by atoms with van der Waals surface area (Å²) in [6.45, 7) is 2.59. The van der Waals surface area contributed by atoms with E-state index in [0.29, 0.717) is 0 Å². The second-order valence-electron chi connectivity index (χ2n) is 1.96. The lowest BCUT2D eigenvalue weighted by Gasteiger charge is -2.12. The van der Waals surface area contributed by atoms with Crippen LogP contribution in [-0.4, -0.2) is 24.7 Å². The van der Waals surface area contributed by atoms with Crippen LogP contribution in [0.3, 0.4) is 0 Å². The third-order valence-electron chi connectivity index (χ3n) is 0.607. The van der Waals surface area contributed by atoms with Crippen LogP contribution in [0.1, 0.15) is 13.8 Å². The molecule has 0 spiro atoms. The molecule has 0 saturated carbocycles. The lowest BCUT2D eigenvalue weighted by atomic mass is 10.1. The molecule has 0 aliphatic carbocycles. The fourth-order valence-corrected chi connectivity index (χ4v) is 0.144. The molecule has 4 heteroatoms. The molecule has 0 bridgehead atoms. The van der Waals surface area contributed by atoms with Gasteiger partial charge in [0.2, 0.25) is 0 Å². The molecule has 0 aromatic carbocycles. The molecule has 0 aromatic rings. The third-order valence-corrected chi connectivity index (χ3v) is 0.607. The molecule has 0 aliphatic heterocycles. The van der Waals surface area contributed by atoms with Gasteiger partial charge in [-0.05, 0) is 13.8 Å². The Morgan fingerprint density at radius 1 is 1.75 bits per heavy atom. The number of hydrogen-bond acceptors (Lipinski definition) is 3. The monoisotopic (exact) mass is 114 g/mol. The van der Waals surface area contributed by atoms with Crippen LogP contribution in [0.25, 0.3) is 0 Å². The van der Waals surface area contributed by atoms with Crippen LogP contribution in [0.15, 0.2) is 0 Å². The Balaban J connectivity index is 3.82. The number of rotatable bonds is 1. The van der Waals surface area contributed by atoms with Gasteiger partial charge in [-0.15, -0.1) is 0 Å². The molecule has 8 heavy (non-hydrogen) atoms. The van der Waals surface area contributed by atoms with Crippen LogP contribution in [0.2, 0.25) is 0 Å². The molecule has 0 rings (SSSR count). The van der Waals surface area contributed by atoms with Gasteiger partial charge in [0.05, 0.1) is 0 Å². The molecule has 0 saturated heterocycles. The summed E-state index contributed by atoms with van der Waals surface area (Å²) in [5, 5.41) is 8.73. The van der Waals surface area contributed by atoms with Gasteiger partial charge in [-0.1, -0.05) is 0 Å². The minimum Gasteiger partial charge on any atom is -0.541 e. The van der Waals surface area contributed by atoms with Crippen LogP contribution >= 0.6 is 0 Å². The SMILES string of the molecule is [B]OC(=O)C(C)(C)O. The summed E-state index contributed by atoms with van der Waals surface area (Å²) in [6, 6.07) is 0. The quantitative estimate of drug-likeness (QED) is 0.462. The molecule has 0 unspecified atom stereocenters. The first kappa shape index (κ1) is 7.49. The van der Waals surface area contributed by atoms with Crippen molar-refractivity contribution in [2.75, 3.05) is 0 Å². The van der Waals surface area contributed by atoms with Crippen molar-refractivity contribution in [1.82, 2.24) is 0 Å². The minimum absolute atomic E-state index is 0.836. The maximum atomic E-state index is 10.2. The van der Waals surface area contributed by atoms with Crippen molar-refractivity contribution >= 4 is 14.0 Å². The second-order valence-corrected chi connectivity index (χ2v) is 1.96. The van der Waals surface area contributed by atoms with Crippen molar-refractivity contribution in [2.24, 2.45) is 0 Å². The van der Waals surface area contributed by atoms with E-state index in [4.69, 9.17) is 5.11 Å². The first-order valence-corrected chi connectivity index (χ1v) is 2.12. The van der Waals surface area contributed by atoms with Crippen LogP contribution in [-0.2, 0) is 9.45 Å². The van der Waals surface area contributed by atoms with Gasteiger partial charge in [0.15, 0.2) is 5.60 Å². The predicted molar refractivity (Wildman–Crippen MR) is 28.1 cm³/mol. The van der Waals surface area contributed by atoms with Crippen LogP contribution < -0.4 is 0 Å². The first-order chi connectivity index (χ1) is 3.48. The maximum absolute atomic E-state index is 10.2. The molecule has 0 aliphatic rings. The van der Waals surface area contributed by atoms with E-state index in [1.165, 1.54) is 13.8 Å². The number of carbonyl (C=O) groups excluding carboxylic acids is 1. The van der Waals surface area contributed by atoms with E-state index < -0.39 is 11.6 Å². The molecule has 2 radical (unpaired) electrons. The second kappa shape index (κ2) is 2.18. The van der Waals surface area contributed by atoms with E-state index in [1.807, 2.05) is 0 Å². The van der Waals surface area contributed by atoms with Gasteiger partial charge in [-0.25, -0.2) is 0 Å². The van der Waals surface area contributed by atoms with Crippen molar-refractivity contribution in [3.8, 4) is 0 Å². The summed E-state index contributed by atoms with van der Waals surface area (Å²) in [5.41, 5.74) is -1.48. The topological polar surface area (TPSA) is 46.5 Å². The minimum atomic E-state index is -1.48. The van der Waals surface area contributed by atoms with E-state index in [9.17, 15) is 4.79 Å². The highest BCUT2D eigenvalue weighted by Gasteiger charge is 2.23. The smallest absolute Gasteiger partial charge is 0.378 e. The predicted octanol–water partition coefficient (Wildman–Crippen LogP) is -0.616. The highest BCUT2D eigenvalue weighted by Crippen LogP contribution is 2.00. The van der Waals surface area contributed by atoms with E-state index in [1.54, 1.807) is 0 Å². The highest BCUT2D eigenvalue weighted by molar-refractivity contribution is 6.06. The molecule has 0 atom stereocenters. The summed E-state index contributed by atoms with van der Waals surface area (Å²) >= 11 is 0. The summed E-state index contributed by atoms with van der Waals surface area (Å²) in [5.74, 6) is -0.836. The van der Waals surface area contributed by atoms with Gasteiger partial charge in [-0.2, -0.15) is 0 Å². The molecule has 3 nitrogen and oxygen atoms in total. The van der Waals surface area contributed by atoms with Gasteiger partial charge in [-0.3, -0.25) is 4.79 Å². The molecular formula is C4H7BO3. The van der Waals surface area contributed by atoms with Crippen molar-refractivity contribution < 1.29 is 14.6 Å². The zero-order valence-electron chi connectivity index (χ0n) is 4.84. The lowest BCUT2D eigenvalue weighted by molar-refractivity contribution is -0.151. The van der Waals surface area contributed by atoms with Crippen LogP contribution in [0.4, 0.5) is 0 Å². The summed E-state index contributed by atoms with van der Waals surface area (Å²) in [4.78, 5) is 10.2. The molecule has 1 N–H and O–H groups in total. The average molecular weight is 114 g/mol. The third kappa shape index (κ3) is 1.98. The normalized spacial score (nSPS) is 10.9. The Morgan fingerprint density at radius 3 is 2.12 bits per heavy atom. The van der Waals surface area contributed by atoms with E-state index in [-0.39, 0.29) is 0 Å². The van der Waals surface area contributed by atoms with E-state index in [0.717, 1.165) is 0 Å². The van der Waals surface area contributed by atoms with Crippen molar-refractivity contribution in [1.29, 1.82) is 0 Å². The number of hydrogen-bond donors (Lipinski definition) is 1. The molecular weight excluding hydrogens is 107 g/mol. The summed E-state index contributed by atoms with van der Waals surface area (Å²) in [7, 11) is 4.45. The Bertz CT molecular complexity index is 93.9. The lowest BCUT2D eigenvalue weighted by Crippen LogP contribution is -2.32. The Morgan fingerprint density at radius 2 is 2.12 bits per heavy atom. The fraction of sp³-hybridized carbons (Fsp3) is 0.750. The molecule has 0 heterocycles. The van der Waals surface area contributed by atoms with Gasteiger partial charge in [0, 0.05) is 0 Å². The Labute approximate surface area is 49.1 Å². The number of carbonyl (C=O) groups is 1. The van der Waals surface area contributed by atoms with Crippen molar-refractivity contribution in [3.63, 3.8) is 0 Å².